The first kappa shape index (κ1) is 21.9. The number of aromatic nitrogens is 1. The van der Waals surface area contributed by atoms with Crippen LogP contribution in [-0.2, 0) is 22.6 Å². The average Bonchev–Trinajstić information content (AvgIpc) is 3.55. The quantitative estimate of drug-likeness (QED) is 0.387. The van der Waals surface area contributed by atoms with Crippen molar-refractivity contribution in [3.63, 3.8) is 0 Å². The van der Waals surface area contributed by atoms with Crippen LogP contribution in [0.25, 0.3) is 11.3 Å². The lowest BCUT2D eigenvalue weighted by Crippen LogP contribution is -2.43. The van der Waals surface area contributed by atoms with Gasteiger partial charge in [0.05, 0.1) is 13.4 Å². The van der Waals surface area contributed by atoms with Crippen LogP contribution in [0.3, 0.4) is 0 Å². The van der Waals surface area contributed by atoms with Gasteiger partial charge in [-0.25, -0.2) is 4.79 Å². The van der Waals surface area contributed by atoms with Gasteiger partial charge in [-0.05, 0) is 42.0 Å². The summed E-state index contributed by atoms with van der Waals surface area (Å²) in [4.78, 5) is 25.3. The normalized spacial score (nSPS) is 11.5. The van der Waals surface area contributed by atoms with Crippen LogP contribution in [0, 0.1) is 0 Å². The van der Waals surface area contributed by atoms with E-state index in [1.807, 2.05) is 54.6 Å². The van der Waals surface area contributed by atoms with Crippen molar-refractivity contribution in [3.05, 3.63) is 96.1 Å². The van der Waals surface area contributed by atoms with Gasteiger partial charge in [-0.3, -0.25) is 4.79 Å². The Bertz CT molecular complexity index is 1180. The number of rotatable bonds is 9. The number of furan rings is 1. The number of hydrogen-bond acceptors (Lipinski definition) is 7. The molecule has 0 bridgehead atoms. The van der Waals surface area contributed by atoms with Crippen molar-refractivity contribution in [1.82, 2.24) is 10.5 Å². The molecule has 2 aromatic carbocycles. The fourth-order valence-corrected chi connectivity index (χ4v) is 3.20. The molecule has 0 aliphatic carbocycles. The summed E-state index contributed by atoms with van der Waals surface area (Å²) < 4.78 is 21.0. The Kier molecular flexibility index (Phi) is 6.84. The molecular weight excluding hydrogens is 424 g/mol. The third kappa shape index (κ3) is 5.68. The second-order valence-corrected chi connectivity index (χ2v) is 7.21. The van der Waals surface area contributed by atoms with E-state index in [4.69, 9.17) is 18.4 Å². The van der Waals surface area contributed by atoms with Crippen LogP contribution in [0.4, 0.5) is 0 Å². The Balaban J connectivity index is 1.41. The Morgan fingerprint density at radius 2 is 1.82 bits per heavy atom. The minimum Gasteiger partial charge on any atom is -0.497 e. The van der Waals surface area contributed by atoms with Gasteiger partial charge >= 0.3 is 5.97 Å². The van der Waals surface area contributed by atoms with E-state index in [1.165, 1.54) is 12.3 Å². The highest BCUT2D eigenvalue weighted by Crippen LogP contribution is 2.22. The lowest BCUT2D eigenvalue weighted by atomic mass is 10.1. The Hall–Kier alpha value is -4.33. The van der Waals surface area contributed by atoms with Crippen LogP contribution >= 0.6 is 0 Å². The van der Waals surface area contributed by atoms with Crippen molar-refractivity contribution in [2.45, 2.75) is 19.1 Å². The summed E-state index contributed by atoms with van der Waals surface area (Å²) in [5.41, 5.74) is 2.32. The van der Waals surface area contributed by atoms with Crippen LogP contribution in [0.2, 0.25) is 0 Å². The molecule has 1 N–H and O–H groups in total. The van der Waals surface area contributed by atoms with Crippen molar-refractivity contribution in [2.75, 3.05) is 7.11 Å². The summed E-state index contributed by atoms with van der Waals surface area (Å²) in [6.07, 6.45) is 1.66. The number of carbonyl (C=O) groups is 2. The Labute approximate surface area is 190 Å². The maximum Gasteiger partial charge on any atom is 0.329 e. The molecular formula is C25H22N2O6. The molecule has 8 nitrogen and oxygen atoms in total. The number of nitrogens with zero attached hydrogens (tertiary/aromatic N) is 1. The SMILES string of the molecule is COc1ccc(-c2cc(COC(=O)C(Cc3ccccc3)NC(=O)c3ccco3)on2)cc1. The van der Waals surface area contributed by atoms with E-state index in [0.717, 1.165) is 16.9 Å². The molecule has 8 heteroatoms. The topological polar surface area (TPSA) is 104 Å². The predicted octanol–water partition coefficient (Wildman–Crippen LogP) is 4.03. The number of ether oxygens (including phenoxy) is 2. The maximum atomic E-state index is 12.8. The van der Waals surface area contributed by atoms with E-state index >= 15 is 0 Å². The van der Waals surface area contributed by atoms with E-state index < -0.39 is 17.9 Å². The minimum absolute atomic E-state index is 0.111. The first-order chi connectivity index (χ1) is 16.1. The number of methoxy groups -OCH3 is 1. The van der Waals surface area contributed by atoms with E-state index in [0.29, 0.717) is 11.5 Å². The summed E-state index contributed by atoms with van der Waals surface area (Å²) in [5, 5.41) is 6.71. The standard InChI is InChI=1S/C25H22N2O6/c1-30-19-11-9-18(10-12-19)21-15-20(33-27-21)16-32-25(29)22(14-17-6-3-2-4-7-17)26-24(28)23-8-5-13-31-23/h2-13,15,22H,14,16H2,1H3,(H,26,28). The second kappa shape index (κ2) is 10.3. The van der Waals surface area contributed by atoms with E-state index in [2.05, 4.69) is 10.5 Å². The third-order valence-corrected chi connectivity index (χ3v) is 4.92. The molecule has 0 saturated carbocycles. The average molecular weight is 446 g/mol. The first-order valence-electron chi connectivity index (χ1n) is 10.3. The summed E-state index contributed by atoms with van der Waals surface area (Å²) in [6, 6.07) is 20.6. The number of amides is 1. The molecule has 2 heterocycles. The minimum atomic E-state index is -0.908. The number of benzene rings is 2. The van der Waals surface area contributed by atoms with Crippen molar-refractivity contribution >= 4 is 11.9 Å². The van der Waals surface area contributed by atoms with Gasteiger partial charge in [-0.15, -0.1) is 0 Å². The molecule has 0 aliphatic rings. The van der Waals surface area contributed by atoms with Crippen LogP contribution in [0.5, 0.6) is 5.75 Å². The van der Waals surface area contributed by atoms with Gasteiger partial charge < -0.3 is 23.7 Å². The number of hydrogen-bond donors (Lipinski definition) is 1. The highest BCUT2D eigenvalue weighted by molar-refractivity contribution is 5.94. The fourth-order valence-electron chi connectivity index (χ4n) is 3.20. The van der Waals surface area contributed by atoms with Crippen LogP contribution in [0.15, 0.2) is 88.0 Å². The third-order valence-electron chi connectivity index (χ3n) is 4.92. The summed E-state index contributed by atoms with van der Waals surface area (Å²) in [5.74, 6) is 0.128. The smallest absolute Gasteiger partial charge is 0.329 e. The predicted molar refractivity (Wildman–Crippen MR) is 118 cm³/mol. The van der Waals surface area contributed by atoms with Crippen LogP contribution < -0.4 is 10.1 Å². The van der Waals surface area contributed by atoms with Gasteiger partial charge in [0, 0.05) is 18.1 Å². The first-order valence-corrected chi connectivity index (χ1v) is 10.3. The number of nitrogens with one attached hydrogen (secondary N) is 1. The van der Waals surface area contributed by atoms with Crippen LogP contribution in [-0.4, -0.2) is 30.2 Å². The molecule has 4 rings (SSSR count). The molecule has 1 atom stereocenters. The summed E-state index contributed by atoms with van der Waals surface area (Å²) in [7, 11) is 1.60. The zero-order valence-corrected chi connectivity index (χ0v) is 17.9. The molecule has 0 radical (unpaired) electrons. The van der Waals surface area contributed by atoms with E-state index in [9.17, 15) is 9.59 Å². The molecule has 0 spiro atoms. The van der Waals surface area contributed by atoms with E-state index in [-0.39, 0.29) is 18.8 Å². The maximum absolute atomic E-state index is 12.8. The second-order valence-electron chi connectivity index (χ2n) is 7.21. The zero-order chi connectivity index (χ0) is 23.0. The van der Waals surface area contributed by atoms with Gasteiger partial charge in [0.15, 0.2) is 18.1 Å². The molecule has 1 unspecified atom stereocenters. The van der Waals surface area contributed by atoms with Crippen molar-refractivity contribution in [2.24, 2.45) is 0 Å². The van der Waals surface area contributed by atoms with E-state index in [1.54, 1.807) is 19.2 Å². The summed E-state index contributed by atoms with van der Waals surface area (Å²) >= 11 is 0. The lowest BCUT2D eigenvalue weighted by molar-refractivity contribution is -0.147. The highest BCUT2D eigenvalue weighted by atomic mass is 16.6. The fraction of sp³-hybridized carbons (Fsp3) is 0.160. The molecule has 0 fully saturated rings. The van der Waals surface area contributed by atoms with Crippen molar-refractivity contribution < 1.29 is 28.0 Å². The largest absolute Gasteiger partial charge is 0.497 e. The molecule has 1 amide bonds. The lowest BCUT2D eigenvalue weighted by Gasteiger charge is -2.17. The van der Waals surface area contributed by atoms with Gasteiger partial charge in [-0.2, -0.15) is 0 Å². The molecule has 2 aromatic heterocycles. The zero-order valence-electron chi connectivity index (χ0n) is 17.9. The monoisotopic (exact) mass is 446 g/mol. The Morgan fingerprint density at radius 1 is 1.03 bits per heavy atom. The molecule has 4 aromatic rings. The van der Waals surface area contributed by atoms with Crippen molar-refractivity contribution in [1.29, 1.82) is 0 Å². The number of esters is 1. The molecule has 0 saturated heterocycles. The molecule has 168 valence electrons. The highest BCUT2D eigenvalue weighted by Gasteiger charge is 2.25. The van der Waals surface area contributed by atoms with Gasteiger partial charge in [-0.1, -0.05) is 35.5 Å². The molecule has 0 aliphatic heterocycles. The molecule has 33 heavy (non-hydrogen) atoms. The Morgan fingerprint density at radius 3 is 2.52 bits per heavy atom. The van der Waals surface area contributed by atoms with Gasteiger partial charge in [0.1, 0.15) is 17.5 Å². The summed E-state index contributed by atoms with van der Waals surface area (Å²) in [6.45, 7) is -0.121. The van der Waals surface area contributed by atoms with Gasteiger partial charge in [0.25, 0.3) is 5.91 Å². The number of carbonyl (C=O) groups excluding carboxylic acids is 2. The van der Waals surface area contributed by atoms with Gasteiger partial charge in [0.2, 0.25) is 0 Å². The van der Waals surface area contributed by atoms with Crippen molar-refractivity contribution in [3.8, 4) is 17.0 Å². The van der Waals surface area contributed by atoms with Crippen LogP contribution in [0.1, 0.15) is 21.9 Å².